The zero-order valence-electron chi connectivity index (χ0n) is 10.2. The van der Waals surface area contributed by atoms with Crippen LogP contribution in [0.3, 0.4) is 0 Å². The maximum atomic E-state index is 11.7. The van der Waals surface area contributed by atoms with E-state index in [2.05, 4.69) is 10.3 Å². The number of rotatable bonds is 4. The molecule has 1 aliphatic rings. The van der Waals surface area contributed by atoms with Crippen LogP contribution in [-0.2, 0) is 9.84 Å². The first kappa shape index (κ1) is 13.3. The van der Waals surface area contributed by atoms with Crippen molar-refractivity contribution in [3.63, 3.8) is 0 Å². The van der Waals surface area contributed by atoms with Gasteiger partial charge in [-0.3, -0.25) is 4.99 Å². The molecular formula is C10H21N3O2S. The molecule has 6 heteroatoms. The van der Waals surface area contributed by atoms with Crippen LogP contribution in [0.1, 0.15) is 33.6 Å². The van der Waals surface area contributed by atoms with Crippen molar-refractivity contribution in [1.29, 1.82) is 0 Å². The Morgan fingerprint density at radius 1 is 1.44 bits per heavy atom. The third-order valence-corrected chi connectivity index (χ3v) is 5.09. The molecule has 0 aromatic heterocycles. The molecular weight excluding hydrogens is 226 g/mol. The van der Waals surface area contributed by atoms with Crippen LogP contribution >= 0.6 is 0 Å². The molecule has 3 N–H and O–H groups in total. The molecule has 16 heavy (non-hydrogen) atoms. The Hall–Kier alpha value is -0.780. The Morgan fingerprint density at radius 3 is 2.44 bits per heavy atom. The fourth-order valence-electron chi connectivity index (χ4n) is 1.07. The number of nitrogens with zero attached hydrogens (tertiary/aromatic N) is 1. The lowest BCUT2D eigenvalue weighted by Crippen LogP contribution is -2.35. The summed E-state index contributed by atoms with van der Waals surface area (Å²) in [5.41, 5.74) is 5.60. The van der Waals surface area contributed by atoms with E-state index in [-0.39, 0.29) is 12.3 Å². The van der Waals surface area contributed by atoms with Crippen molar-refractivity contribution in [3.05, 3.63) is 0 Å². The number of sulfone groups is 1. The number of aliphatic imine (C=N–C) groups is 1. The van der Waals surface area contributed by atoms with Gasteiger partial charge >= 0.3 is 0 Å². The number of hydrogen-bond donors (Lipinski definition) is 2. The van der Waals surface area contributed by atoms with Gasteiger partial charge in [-0.05, 0) is 33.6 Å². The van der Waals surface area contributed by atoms with Crippen LogP contribution in [0, 0.1) is 0 Å². The highest BCUT2D eigenvalue weighted by Crippen LogP contribution is 2.18. The molecule has 0 spiro atoms. The minimum atomic E-state index is -3.10. The quantitative estimate of drug-likeness (QED) is 0.551. The van der Waals surface area contributed by atoms with Gasteiger partial charge in [0, 0.05) is 6.04 Å². The largest absolute Gasteiger partial charge is 0.370 e. The van der Waals surface area contributed by atoms with Crippen molar-refractivity contribution in [2.24, 2.45) is 10.7 Å². The summed E-state index contributed by atoms with van der Waals surface area (Å²) in [5, 5.41) is 3.01. The lowest BCUT2D eigenvalue weighted by Gasteiger charge is -2.18. The number of nitrogens with one attached hydrogen (secondary N) is 1. The number of nitrogens with two attached hydrogens (primary N) is 1. The van der Waals surface area contributed by atoms with Crippen LogP contribution in [0.5, 0.6) is 0 Å². The van der Waals surface area contributed by atoms with Gasteiger partial charge in [-0.2, -0.15) is 0 Å². The van der Waals surface area contributed by atoms with E-state index < -0.39 is 14.6 Å². The predicted octanol–water partition coefficient (Wildman–Crippen LogP) is 0.266. The summed E-state index contributed by atoms with van der Waals surface area (Å²) >= 11 is 0. The van der Waals surface area contributed by atoms with Crippen molar-refractivity contribution in [2.45, 2.75) is 44.4 Å². The van der Waals surface area contributed by atoms with Gasteiger partial charge < -0.3 is 11.1 Å². The van der Waals surface area contributed by atoms with E-state index in [1.54, 1.807) is 20.8 Å². The fraction of sp³-hybridized carbons (Fsp3) is 0.900. The van der Waals surface area contributed by atoms with Crippen molar-refractivity contribution < 1.29 is 8.42 Å². The standard InChI is InChI=1S/C10H21N3O2S/c1-10(2,3)16(14,15)7-6-12-9(11)13-8-4-5-8/h8H,4-7H2,1-3H3,(H3,11,12,13). The van der Waals surface area contributed by atoms with Crippen LogP contribution in [-0.4, -0.2) is 37.5 Å². The van der Waals surface area contributed by atoms with Gasteiger partial charge in [0.2, 0.25) is 0 Å². The molecule has 0 radical (unpaired) electrons. The molecule has 0 aromatic rings. The molecule has 94 valence electrons. The maximum absolute atomic E-state index is 11.7. The first-order chi connectivity index (χ1) is 7.22. The van der Waals surface area contributed by atoms with Crippen molar-refractivity contribution in [2.75, 3.05) is 12.3 Å². The highest BCUT2D eigenvalue weighted by molar-refractivity contribution is 7.92. The molecule has 1 aliphatic carbocycles. The Labute approximate surface area is 97.4 Å². The predicted molar refractivity (Wildman–Crippen MR) is 66.2 cm³/mol. The summed E-state index contributed by atoms with van der Waals surface area (Å²) in [7, 11) is -3.10. The normalized spacial score (nSPS) is 18.6. The SMILES string of the molecule is CC(C)(C)S(=O)(=O)CCN=C(N)NC1CC1. The van der Waals surface area contributed by atoms with Gasteiger partial charge in [-0.15, -0.1) is 0 Å². The lowest BCUT2D eigenvalue weighted by molar-refractivity contribution is 0.560. The van der Waals surface area contributed by atoms with Gasteiger partial charge in [0.15, 0.2) is 15.8 Å². The molecule has 1 saturated carbocycles. The summed E-state index contributed by atoms with van der Waals surface area (Å²) in [6.45, 7) is 5.30. The van der Waals surface area contributed by atoms with E-state index in [4.69, 9.17) is 5.73 Å². The van der Waals surface area contributed by atoms with Crippen LogP contribution in [0.4, 0.5) is 0 Å². The van der Waals surface area contributed by atoms with E-state index in [0.29, 0.717) is 12.0 Å². The van der Waals surface area contributed by atoms with E-state index in [0.717, 1.165) is 12.8 Å². The van der Waals surface area contributed by atoms with Crippen LogP contribution in [0.2, 0.25) is 0 Å². The average molecular weight is 247 g/mol. The van der Waals surface area contributed by atoms with Gasteiger partial charge in [-0.1, -0.05) is 0 Å². The minimum absolute atomic E-state index is 0.0452. The van der Waals surface area contributed by atoms with Crippen molar-refractivity contribution in [3.8, 4) is 0 Å². The van der Waals surface area contributed by atoms with Crippen LogP contribution in [0.25, 0.3) is 0 Å². The van der Waals surface area contributed by atoms with Gasteiger partial charge in [0.1, 0.15) is 0 Å². The van der Waals surface area contributed by atoms with E-state index in [1.807, 2.05) is 0 Å². The van der Waals surface area contributed by atoms with E-state index >= 15 is 0 Å². The molecule has 0 aliphatic heterocycles. The third kappa shape index (κ3) is 4.00. The zero-order chi connectivity index (χ0) is 12.4. The van der Waals surface area contributed by atoms with Gasteiger partial charge in [-0.25, -0.2) is 8.42 Å². The topological polar surface area (TPSA) is 84.5 Å². The average Bonchev–Trinajstić information content (AvgIpc) is 2.85. The second-order valence-corrected chi connectivity index (χ2v) is 7.98. The molecule has 5 nitrogen and oxygen atoms in total. The van der Waals surface area contributed by atoms with E-state index in [9.17, 15) is 8.42 Å². The molecule has 0 bridgehead atoms. The highest BCUT2D eigenvalue weighted by atomic mass is 32.2. The molecule has 0 heterocycles. The zero-order valence-corrected chi connectivity index (χ0v) is 11.0. The fourth-order valence-corrected chi connectivity index (χ4v) is 2.02. The van der Waals surface area contributed by atoms with E-state index in [1.165, 1.54) is 0 Å². The highest BCUT2D eigenvalue weighted by Gasteiger charge is 2.28. The Bertz CT molecular complexity index is 364. The number of guanidine groups is 1. The van der Waals surface area contributed by atoms with Crippen LogP contribution in [0.15, 0.2) is 4.99 Å². The second-order valence-electron chi connectivity index (χ2n) is 5.12. The number of hydrogen-bond acceptors (Lipinski definition) is 3. The molecule has 0 unspecified atom stereocenters. The first-order valence-corrected chi connectivity index (χ1v) is 7.16. The summed E-state index contributed by atoms with van der Waals surface area (Å²) in [6, 6.07) is 0.447. The summed E-state index contributed by atoms with van der Waals surface area (Å²) in [5.74, 6) is 0.399. The first-order valence-electron chi connectivity index (χ1n) is 5.51. The van der Waals surface area contributed by atoms with Crippen LogP contribution < -0.4 is 11.1 Å². The Morgan fingerprint density at radius 2 is 2.00 bits per heavy atom. The van der Waals surface area contributed by atoms with Crippen molar-refractivity contribution >= 4 is 15.8 Å². The molecule has 0 saturated heterocycles. The maximum Gasteiger partial charge on any atom is 0.188 e. The Kier molecular flexibility index (Phi) is 3.83. The second kappa shape index (κ2) is 4.61. The Balaban J connectivity index is 2.39. The summed E-state index contributed by atoms with van der Waals surface area (Å²) in [6.07, 6.45) is 2.24. The minimum Gasteiger partial charge on any atom is -0.370 e. The molecule has 1 rings (SSSR count). The summed E-state index contributed by atoms with van der Waals surface area (Å²) < 4.78 is 22.8. The molecule has 0 amide bonds. The van der Waals surface area contributed by atoms with Crippen molar-refractivity contribution in [1.82, 2.24) is 5.32 Å². The lowest BCUT2D eigenvalue weighted by atomic mass is 10.3. The van der Waals surface area contributed by atoms with Gasteiger partial charge in [0.05, 0.1) is 17.0 Å². The smallest absolute Gasteiger partial charge is 0.188 e. The molecule has 0 aromatic carbocycles. The monoisotopic (exact) mass is 247 g/mol. The summed E-state index contributed by atoms with van der Waals surface area (Å²) in [4.78, 5) is 4.01. The molecule has 0 atom stereocenters. The third-order valence-electron chi connectivity index (χ3n) is 2.50. The molecule has 1 fully saturated rings. The van der Waals surface area contributed by atoms with Gasteiger partial charge in [0.25, 0.3) is 0 Å².